The molecule has 2 aromatic carbocycles. The second-order valence-corrected chi connectivity index (χ2v) is 7.68. The summed E-state index contributed by atoms with van der Waals surface area (Å²) in [6.45, 7) is 1.84. The Bertz CT molecular complexity index is 848. The van der Waals surface area contributed by atoms with E-state index in [9.17, 15) is 18.3 Å². The van der Waals surface area contributed by atoms with Gasteiger partial charge in [-0.2, -0.15) is 0 Å². The standard InChI is InChI=1S/C16H20N2O4S/c1-2-3-10-16(18,15(19)20)23(21,22)14-9-8-13(17)11-6-4-5-7-12(11)14/h4-9H,2-3,10,17-18H2,1H3,(H,19,20). The van der Waals surface area contributed by atoms with Crippen LogP contribution in [0.5, 0.6) is 0 Å². The second-order valence-electron chi connectivity index (χ2n) is 5.50. The molecule has 0 aliphatic heterocycles. The number of carbonyl (C=O) groups is 1. The van der Waals surface area contributed by atoms with Gasteiger partial charge in [0.25, 0.3) is 0 Å². The molecule has 0 heterocycles. The normalized spacial score (nSPS) is 14.5. The van der Waals surface area contributed by atoms with Gasteiger partial charge < -0.3 is 16.6 Å². The summed E-state index contributed by atoms with van der Waals surface area (Å²) in [7, 11) is -4.29. The van der Waals surface area contributed by atoms with Gasteiger partial charge in [0.05, 0.1) is 4.90 Å². The highest BCUT2D eigenvalue weighted by Gasteiger charge is 2.48. The van der Waals surface area contributed by atoms with Crippen LogP contribution in [0.3, 0.4) is 0 Å². The number of nitrogens with two attached hydrogens (primary N) is 2. The lowest BCUT2D eigenvalue weighted by Gasteiger charge is -2.25. The molecule has 0 amide bonds. The zero-order chi connectivity index (χ0) is 17.3. The molecule has 0 fully saturated rings. The highest BCUT2D eigenvalue weighted by molar-refractivity contribution is 7.93. The number of fused-ring (bicyclic) bond motifs is 1. The van der Waals surface area contributed by atoms with Crippen molar-refractivity contribution in [2.75, 3.05) is 5.73 Å². The second kappa shape index (κ2) is 6.17. The maximum atomic E-state index is 13.0. The van der Waals surface area contributed by atoms with Crippen LogP contribution >= 0.6 is 0 Å². The molecular weight excluding hydrogens is 316 g/mol. The predicted octanol–water partition coefficient (Wildman–Crippen LogP) is 2.13. The van der Waals surface area contributed by atoms with Gasteiger partial charge in [-0.25, -0.2) is 13.2 Å². The number of rotatable bonds is 6. The molecule has 0 aromatic heterocycles. The van der Waals surface area contributed by atoms with Crippen molar-refractivity contribution >= 4 is 32.3 Å². The number of aliphatic carboxylic acids is 1. The van der Waals surface area contributed by atoms with E-state index in [0.717, 1.165) is 0 Å². The predicted molar refractivity (Wildman–Crippen MR) is 89.6 cm³/mol. The van der Waals surface area contributed by atoms with Crippen LogP contribution in [0.2, 0.25) is 0 Å². The first kappa shape index (κ1) is 17.2. The van der Waals surface area contributed by atoms with E-state index in [0.29, 0.717) is 29.3 Å². The minimum Gasteiger partial charge on any atom is -0.479 e. The Kier molecular flexibility index (Phi) is 4.63. The number of hydrogen-bond donors (Lipinski definition) is 3. The van der Waals surface area contributed by atoms with Gasteiger partial charge in [0.1, 0.15) is 0 Å². The highest BCUT2D eigenvalue weighted by atomic mass is 32.2. The lowest BCUT2D eigenvalue weighted by molar-refractivity contribution is -0.140. The molecule has 0 aliphatic carbocycles. The van der Waals surface area contributed by atoms with Crippen molar-refractivity contribution in [3.8, 4) is 0 Å². The number of unbranched alkanes of at least 4 members (excludes halogenated alkanes) is 1. The van der Waals surface area contributed by atoms with Crippen molar-refractivity contribution in [1.29, 1.82) is 0 Å². The summed E-state index contributed by atoms with van der Waals surface area (Å²) in [4.78, 5) is 9.15. The minimum atomic E-state index is -4.29. The fourth-order valence-electron chi connectivity index (χ4n) is 2.52. The lowest BCUT2D eigenvalue weighted by atomic mass is 10.1. The molecule has 1 atom stereocenters. The summed E-state index contributed by atoms with van der Waals surface area (Å²) in [6.07, 6.45) is 0.888. The average Bonchev–Trinajstić information content (AvgIpc) is 2.52. The van der Waals surface area contributed by atoms with Crippen molar-refractivity contribution < 1.29 is 18.3 Å². The molecule has 2 rings (SSSR count). The van der Waals surface area contributed by atoms with Crippen LogP contribution in [0.4, 0.5) is 5.69 Å². The molecule has 0 aliphatic rings. The van der Waals surface area contributed by atoms with Crippen LogP contribution in [0.25, 0.3) is 10.8 Å². The summed E-state index contributed by atoms with van der Waals surface area (Å²) in [5.41, 5.74) is 12.1. The number of anilines is 1. The van der Waals surface area contributed by atoms with Gasteiger partial charge in [-0.3, -0.25) is 0 Å². The summed E-state index contributed by atoms with van der Waals surface area (Å²) in [6, 6.07) is 9.47. The largest absolute Gasteiger partial charge is 0.479 e. The summed E-state index contributed by atoms with van der Waals surface area (Å²) in [5.74, 6) is -1.55. The maximum absolute atomic E-state index is 13.0. The van der Waals surface area contributed by atoms with E-state index in [2.05, 4.69) is 0 Å². The van der Waals surface area contributed by atoms with Gasteiger partial charge in [0.15, 0.2) is 0 Å². The van der Waals surface area contributed by atoms with Crippen molar-refractivity contribution in [2.24, 2.45) is 5.73 Å². The Morgan fingerprint density at radius 2 is 1.78 bits per heavy atom. The number of carboxylic acids is 1. The first-order valence-corrected chi connectivity index (χ1v) is 8.78. The van der Waals surface area contributed by atoms with Crippen LogP contribution in [-0.2, 0) is 14.6 Å². The Balaban J connectivity index is 2.73. The maximum Gasteiger partial charge on any atom is 0.339 e. The zero-order valence-corrected chi connectivity index (χ0v) is 13.6. The molecule has 7 heteroatoms. The van der Waals surface area contributed by atoms with Crippen molar-refractivity contribution in [3.05, 3.63) is 36.4 Å². The monoisotopic (exact) mass is 336 g/mol. The van der Waals surface area contributed by atoms with Gasteiger partial charge in [-0.05, 0) is 18.6 Å². The molecule has 0 radical (unpaired) electrons. The average molecular weight is 336 g/mol. The highest BCUT2D eigenvalue weighted by Crippen LogP contribution is 2.34. The Morgan fingerprint density at radius 3 is 2.35 bits per heavy atom. The number of benzene rings is 2. The minimum absolute atomic E-state index is 0.108. The first-order valence-electron chi connectivity index (χ1n) is 7.30. The fourth-order valence-corrected chi connectivity index (χ4v) is 4.27. The molecule has 0 spiro atoms. The molecular formula is C16H20N2O4S. The fraction of sp³-hybridized carbons (Fsp3) is 0.312. The van der Waals surface area contributed by atoms with Crippen molar-refractivity contribution in [3.63, 3.8) is 0 Å². The molecule has 0 bridgehead atoms. The van der Waals surface area contributed by atoms with Gasteiger partial charge in [-0.1, -0.05) is 44.0 Å². The number of carboxylic acid groups (broad SMARTS) is 1. The molecule has 0 saturated heterocycles. The van der Waals surface area contributed by atoms with E-state index in [1.807, 2.05) is 6.92 Å². The quantitative estimate of drug-likeness (QED) is 0.694. The molecule has 2 aromatic rings. The van der Waals surface area contributed by atoms with Gasteiger partial charge in [-0.15, -0.1) is 0 Å². The molecule has 23 heavy (non-hydrogen) atoms. The van der Waals surface area contributed by atoms with Gasteiger partial charge in [0.2, 0.25) is 14.7 Å². The van der Waals surface area contributed by atoms with E-state index in [1.54, 1.807) is 24.3 Å². The van der Waals surface area contributed by atoms with Crippen molar-refractivity contribution in [2.45, 2.75) is 36.0 Å². The van der Waals surface area contributed by atoms with Crippen LogP contribution in [0.15, 0.2) is 41.3 Å². The molecule has 124 valence electrons. The molecule has 1 unspecified atom stereocenters. The third kappa shape index (κ3) is 2.77. The third-order valence-electron chi connectivity index (χ3n) is 3.95. The summed E-state index contributed by atoms with van der Waals surface area (Å²) in [5, 5.41) is 10.4. The van der Waals surface area contributed by atoms with E-state index in [4.69, 9.17) is 11.5 Å². The molecule has 6 nitrogen and oxygen atoms in total. The van der Waals surface area contributed by atoms with Crippen LogP contribution in [0, 0.1) is 0 Å². The Morgan fingerprint density at radius 1 is 1.17 bits per heavy atom. The van der Waals surface area contributed by atoms with Crippen LogP contribution in [0.1, 0.15) is 26.2 Å². The first-order chi connectivity index (χ1) is 10.8. The molecule has 0 saturated carbocycles. The van der Waals surface area contributed by atoms with Gasteiger partial charge in [0, 0.05) is 16.5 Å². The topological polar surface area (TPSA) is 123 Å². The van der Waals surface area contributed by atoms with Crippen LogP contribution < -0.4 is 11.5 Å². The SMILES string of the molecule is CCCCC(N)(C(=O)O)S(=O)(=O)c1ccc(N)c2ccccc12. The van der Waals surface area contributed by atoms with E-state index in [1.165, 1.54) is 12.1 Å². The van der Waals surface area contributed by atoms with Crippen LogP contribution in [-0.4, -0.2) is 24.4 Å². The summed E-state index contributed by atoms with van der Waals surface area (Å²) >= 11 is 0. The van der Waals surface area contributed by atoms with E-state index in [-0.39, 0.29) is 11.3 Å². The lowest BCUT2D eigenvalue weighted by Crippen LogP contribution is -2.54. The smallest absolute Gasteiger partial charge is 0.339 e. The number of sulfone groups is 1. The molecule has 5 N–H and O–H groups in total. The third-order valence-corrected chi connectivity index (χ3v) is 6.22. The van der Waals surface area contributed by atoms with E-state index >= 15 is 0 Å². The van der Waals surface area contributed by atoms with Crippen molar-refractivity contribution in [1.82, 2.24) is 0 Å². The zero-order valence-electron chi connectivity index (χ0n) is 12.8. The Hall–Kier alpha value is -2.12. The Labute approximate surface area is 135 Å². The number of hydrogen-bond acceptors (Lipinski definition) is 5. The number of nitrogen functional groups attached to an aromatic ring is 1. The van der Waals surface area contributed by atoms with E-state index < -0.39 is 20.7 Å². The summed E-state index contributed by atoms with van der Waals surface area (Å²) < 4.78 is 26.0. The van der Waals surface area contributed by atoms with Gasteiger partial charge >= 0.3 is 5.97 Å².